The molecule has 0 spiro atoms. The number of likely N-dealkylation sites (tertiary alicyclic amines) is 1. The van der Waals surface area contributed by atoms with Gasteiger partial charge in [0, 0.05) is 163 Å². The molecule has 8 heterocycles. The van der Waals surface area contributed by atoms with Crippen LogP contribution in [0.2, 0.25) is 0 Å². The number of hydrogen-bond donors (Lipinski definition) is 3. The Bertz CT molecular complexity index is 1200. The molecule has 63 heavy (non-hydrogen) atoms. The lowest BCUT2D eigenvalue weighted by Gasteiger charge is -2.47. The van der Waals surface area contributed by atoms with E-state index < -0.39 is 0 Å². The molecule has 7 aliphatic rings. The lowest BCUT2D eigenvalue weighted by molar-refractivity contribution is 0.0145. The van der Waals surface area contributed by atoms with Crippen molar-refractivity contribution in [2.45, 2.75) is 92.7 Å². The van der Waals surface area contributed by atoms with Crippen LogP contribution in [-0.2, 0) is 0 Å². The Morgan fingerprint density at radius 2 is 1.21 bits per heavy atom. The van der Waals surface area contributed by atoms with E-state index >= 15 is 0 Å². The van der Waals surface area contributed by atoms with Crippen LogP contribution < -0.4 is 20.9 Å². The number of piperidine rings is 1. The third-order valence-electron chi connectivity index (χ3n) is 14.0. The number of anilines is 2. The van der Waals surface area contributed by atoms with E-state index in [1.54, 1.807) is 0 Å². The standard InChI is InChI=1S/C11H18N4.C11H24N2.2C10H22N2.C8H17N3/c1-12-11-4-3-10(9-13-11)15-7-5-14(2)6-8-15;1-4-5-6-12-7-9-13(10-8-12)11(2)3;1-9-6-10(2)8-12(7-9)5-4-11-3;1-3-5-6-12-9-7-11(4-2)8-10-12;1-9-6-8-7-10-2-4-11(8)5-3-10/h3-4,9H,5-8H2,1-2H3,(H,12,13);11H,4-10H2,1-3H3;9-11H,4-8H2,1-3H3;3-10H2,1-2H3;8-9H,2-7H2,1H3/t;;9-,10+;;. The lowest BCUT2D eigenvalue weighted by Crippen LogP contribution is -2.63. The Morgan fingerprint density at radius 1 is 0.635 bits per heavy atom. The van der Waals surface area contributed by atoms with Gasteiger partial charge in [0.15, 0.2) is 0 Å². The molecule has 3 N–H and O–H groups in total. The summed E-state index contributed by atoms with van der Waals surface area (Å²) in [5.74, 6) is 2.71. The zero-order valence-corrected chi connectivity index (χ0v) is 43.2. The molecule has 7 saturated heterocycles. The van der Waals surface area contributed by atoms with E-state index in [2.05, 4.69) is 127 Å². The topological polar surface area (TPSA) is 78.1 Å². The van der Waals surface area contributed by atoms with Crippen LogP contribution in [0.25, 0.3) is 0 Å². The largest absolute Gasteiger partial charge is 0.373 e. The summed E-state index contributed by atoms with van der Waals surface area (Å²) in [6.07, 6.45) is 8.74. The Morgan fingerprint density at radius 3 is 1.65 bits per heavy atom. The van der Waals surface area contributed by atoms with Crippen molar-refractivity contribution in [1.82, 2.24) is 54.8 Å². The Labute approximate surface area is 390 Å². The highest BCUT2D eigenvalue weighted by atomic mass is 15.3. The first kappa shape index (κ1) is 55.7. The molecule has 1 aromatic rings. The van der Waals surface area contributed by atoms with Gasteiger partial charge >= 0.3 is 0 Å². The van der Waals surface area contributed by atoms with Crippen LogP contribution in [0.1, 0.15) is 80.6 Å². The fraction of sp³-hybridized carbons (Fsp3) is 0.900. The van der Waals surface area contributed by atoms with Gasteiger partial charge in [-0.25, -0.2) is 4.98 Å². The molecule has 2 bridgehead atoms. The van der Waals surface area contributed by atoms with Crippen LogP contribution in [0, 0.1) is 11.8 Å². The second-order valence-corrected chi connectivity index (χ2v) is 19.8. The molecule has 0 radical (unpaired) electrons. The van der Waals surface area contributed by atoms with E-state index in [4.69, 9.17) is 0 Å². The first-order chi connectivity index (χ1) is 30.5. The minimum absolute atomic E-state index is 0.730. The van der Waals surface area contributed by atoms with Crippen LogP contribution in [0.5, 0.6) is 0 Å². The number of rotatable bonds is 15. The number of piperazine rings is 6. The minimum Gasteiger partial charge on any atom is -0.373 e. The number of aromatic nitrogens is 1. The van der Waals surface area contributed by atoms with Gasteiger partial charge in [0.1, 0.15) is 5.82 Å². The van der Waals surface area contributed by atoms with Crippen molar-refractivity contribution in [1.29, 1.82) is 0 Å². The van der Waals surface area contributed by atoms with E-state index in [-0.39, 0.29) is 0 Å². The van der Waals surface area contributed by atoms with Gasteiger partial charge < -0.3 is 45.3 Å². The molecule has 0 aromatic carbocycles. The summed E-state index contributed by atoms with van der Waals surface area (Å²) in [5, 5.41) is 9.48. The molecule has 1 aromatic heterocycles. The molecule has 7 aliphatic heterocycles. The second kappa shape index (κ2) is 32.9. The quantitative estimate of drug-likeness (QED) is 0.232. The third kappa shape index (κ3) is 22.6. The van der Waals surface area contributed by atoms with Gasteiger partial charge in [-0.3, -0.25) is 14.7 Å². The van der Waals surface area contributed by atoms with Crippen LogP contribution in [-0.4, -0.2) is 248 Å². The van der Waals surface area contributed by atoms with Gasteiger partial charge in [-0.15, -0.1) is 0 Å². The molecule has 3 atom stereocenters. The van der Waals surface area contributed by atoms with Gasteiger partial charge in [-0.05, 0) is 97.9 Å². The number of unbranched alkanes of at least 4 members (excludes halogenated alkanes) is 2. The monoisotopic (exact) mass is 886 g/mol. The fourth-order valence-electron chi connectivity index (χ4n) is 9.78. The van der Waals surface area contributed by atoms with Gasteiger partial charge in [0.2, 0.25) is 0 Å². The summed E-state index contributed by atoms with van der Waals surface area (Å²) in [7, 11) is 8.12. The van der Waals surface area contributed by atoms with Gasteiger partial charge in [0.25, 0.3) is 0 Å². The van der Waals surface area contributed by atoms with Crippen molar-refractivity contribution in [3.05, 3.63) is 18.3 Å². The normalized spacial score (nSPS) is 26.3. The molecule has 7 fully saturated rings. The summed E-state index contributed by atoms with van der Waals surface area (Å²) in [6.45, 7) is 47.1. The predicted octanol–water partition coefficient (Wildman–Crippen LogP) is 4.50. The highest BCUT2D eigenvalue weighted by molar-refractivity contribution is 5.49. The number of likely N-dealkylation sites (N-methyl/N-ethyl adjacent to an activating group) is 4. The minimum atomic E-state index is 0.730. The van der Waals surface area contributed by atoms with Crippen LogP contribution in [0.3, 0.4) is 0 Å². The van der Waals surface area contributed by atoms with E-state index in [1.165, 1.54) is 162 Å². The van der Waals surface area contributed by atoms with Crippen LogP contribution in [0.15, 0.2) is 18.3 Å². The Kier molecular flexibility index (Phi) is 29.1. The maximum Gasteiger partial charge on any atom is 0.125 e. The predicted molar refractivity (Wildman–Crippen MR) is 274 cm³/mol. The van der Waals surface area contributed by atoms with Crippen LogP contribution in [0.4, 0.5) is 11.5 Å². The smallest absolute Gasteiger partial charge is 0.125 e. The van der Waals surface area contributed by atoms with Gasteiger partial charge in [0.05, 0.1) is 11.9 Å². The average molecular weight is 886 g/mol. The van der Waals surface area contributed by atoms with Crippen molar-refractivity contribution in [2.75, 3.05) is 202 Å². The molecule has 1 unspecified atom stereocenters. The summed E-state index contributed by atoms with van der Waals surface area (Å²) in [6, 6.07) is 5.66. The van der Waals surface area contributed by atoms with E-state index in [1.807, 2.05) is 33.4 Å². The molecule has 0 saturated carbocycles. The van der Waals surface area contributed by atoms with Gasteiger partial charge in [-0.1, -0.05) is 47.5 Å². The molecule has 8 rings (SSSR count). The second-order valence-electron chi connectivity index (χ2n) is 19.8. The molecule has 13 heteroatoms. The SMILES string of the molecule is CCCCN1CCN(C(C)C)CC1.CCCCN1CCN(CC)CC1.CNCC1CN2CCN1CC2.CNCCN1C[C@H](C)C[C@H](C)C1.CNc1ccc(N2CCN(C)CC2)cn1. The van der Waals surface area contributed by atoms with E-state index in [9.17, 15) is 0 Å². The molecule has 368 valence electrons. The number of nitrogens with zero attached hydrogens (tertiary/aromatic N) is 10. The number of hydrogen-bond acceptors (Lipinski definition) is 13. The lowest BCUT2D eigenvalue weighted by atomic mass is 9.92. The summed E-state index contributed by atoms with van der Waals surface area (Å²) < 4.78 is 0. The molecule has 0 amide bonds. The summed E-state index contributed by atoms with van der Waals surface area (Å²) >= 11 is 0. The van der Waals surface area contributed by atoms with Gasteiger partial charge in [-0.2, -0.15) is 0 Å². The van der Waals surface area contributed by atoms with Crippen molar-refractivity contribution >= 4 is 11.5 Å². The highest BCUT2D eigenvalue weighted by Gasteiger charge is 2.31. The van der Waals surface area contributed by atoms with E-state index in [0.717, 1.165) is 69.0 Å². The van der Waals surface area contributed by atoms with Crippen molar-refractivity contribution in [3.63, 3.8) is 0 Å². The van der Waals surface area contributed by atoms with Crippen LogP contribution >= 0.6 is 0 Å². The first-order valence-corrected chi connectivity index (χ1v) is 26.0. The zero-order chi connectivity index (χ0) is 45.8. The van der Waals surface area contributed by atoms with Crippen molar-refractivity contribution in [3.8, 4) is 0 Å². The number of fused-ring (bicyclic) bond motifs is 3. The molecule has 13 nitrogen and oxygen atoms in total. The Balaban J connectivity index is 0.000000210. The van der Waals surface area contributed by atoms with E-state index in [0.29, 0.717) is 0 Å². The maximum absolute atomic E-state index is 4.33. The summed E-state index contributed by atoms with van der Waals surface area (Å²) in [4.78, 5) is 27.1. The summed E-state index contributed by atoms with van der Waals surface area (Å²) in [5.41, 5.74) is 1.22. The van der Waals surface area contributed by atoms with Crippen molar-refractivity contribution < 1.29 is 0 Å². The third-order valence-corrected chi connectivity index (χ3v) is 14.0. The number of pyridine rings is 1. The zero-order valence-electron chi connectivity index (χ0n) is 43.2. The Hall–Kier alpha value is -1.65. The first-order valence-electron chi connectivity index (χ1n) is 26.0. The maximum atomic E-state index is 4.33. The molecular weight excluding hydrogens is 783 g/mol. The molecular formula is C50H103N13. The number of nitrogens with one attached hydrogen (secondary N) is 3. The highest BCUT2D eigenvalue weighted by Crippen LogP contribution is 2.20. The molecule has 0 aliphatic carbocycles. The van der Waals surface area contributed by atoms with Crippen molar-refractivity contribution in [2.24, 2.45) is 11.8 Å². The fourth-order valence-corrected chi connectivity index (χ4v) is 9.78. The average Bonchev–Trinajstić information content (AvgIpc) is 3.31.